The number of hydrogen-bond acceptors (Lipinski definition) is 4. The molecule has 1 N–H and O–H groups in total. The highest BCUT2D eigenvalue weighted by Crippen LogP contribution is 2.22. The minimum atomic E-state index is -0.741. The third kappa shape index (κ3) is 4.53. The number of nitro benzene ring substituents is 1. The molecule has 1 amide bonds. The molecule has 0 aliphatic heterocycles. The van der Waals surface area contributed by atoms with Gasteiger partial charge in [-0.3, -0.25) is 14.9 Å². The molecule has 0 unspecified atom stereocenters. The third-order valence-corrected chi connectivity index (χ3v) is 3.71. The highest BCUT2D eigenvalue weighted by atomic mass is 79.9. The van der Waals surface area contributed by atoms with E-state index in [4.69, 9.17) is 4.74 Å². The first kappa shape index (κ1) is 17.0. The Balaban J connectivity index is 2.07. The Morgan fingerprint density at radius 3 is 2.52 bits per heavy atom. The van der Waals surface area contributed by atoms with Gasteiger partial charge in [-0.15, -0.1) is 0 Å². The van der Waals surface area contributed by atoms with Crippen LogP contribution in [0.1, 0.15) is 12.5 Å². The fourth-order valence-corrected chi connectivity index (χ4v) is 2.13. The van der Waals surface area contributed by atoms with Crippen molar-refractivity contribution in [3.05, 3.63) is 62.6 Å². The summed E-state index contributed by atoms with van der Waals surface area (Å²) >= 11 is 3.32. The molecule has 0 aromatic heterocycles. The summed E-state index contributed by atoms with van der Waals surface area (Å²) in [6.45, 7) is 3.38. The van der Waals surface area contributed by atoms with Crippen molar-refractivity contribution in [2.45, 2.75) is 20.0 Å². The second-order valence-electron chi connectivity index (χ2n) is 4.96. The van der Waals surface area contributed by atoms with Gasteiger partial charge >= 0.3 is 0 Å². The zero-order valence-corrected chi connectivity index (χ0v) is 14.2. The van der Waals surface area contributed by atoms with Gasteiger partial charge in [0.2, 0.25) is 0 Å². The number of nitrogens with zero attached hydrogens (tertiary/aromatic N) is 1. The SMILES string of the molecule is Cc1ccc([N+](=O)[O-])cc1NC(=O)[C@@H](C)Oc1ccc(Br)cc1. The van der Waals surface area contributed by atoms with Gasteiger partial charge in [0.15, 0.2) is 6.10 Å². The van der Waals surface area contributed by atoms with Crippen molar-refractivity contribution in [2.75, 3.05) is 5.32 Å². The molecule has 2 rings (SSSR count). The molecule has 2 aromatic rings. The van der Waals surface area contributed by atoms with E-state index in [-0.39, 0.29) is 11.6 Å². The number of hydrogen-bond donors (Lipinski definition) is 1. The van der Waals surface area contributed by atoms with Gasteiger partial charge in [0.25, 0.3) is 11.6 Å². The van der Waals surface area contributed by atoms with Crippen LogP contribution in [0.4, 0.5) is 11.4 Å². The maximum atomic E-state index is 12.2. The number of benzene rings is 2. The standard InChI is InChI=1S/C16H15BrN2O4/c1-10-3-6-13(19(21)22)9-15(10)18-16(20)11(2)23-14-7-4-12(17)5-8-14/h3-9,11H,1-2H3,(H,18,20)/t11-/m1/s1. The number of nitrogens with one attached hydrogen (secondary N) is 1. The Morgan fingerprint density at radius 1 is 1.26 bits per heavy atom. The minimum Gasteiger partial charge on any atom is -0.481 e. The molecule has 0 heterocycles. The lowest BCUT2D eigenvalue weighted by Crippen LogP contribution is -2.30. The van der Waals surface area contributed by atoms with E-state index in [2.05, 4.69) is 21.2 Å². The monoisotopic (exact) mass is 378 g/mol. The van der Waals surface area contributed by atoms with Crippen molar-refractivity contribution in [3.8, 4) is 5.75 Å². The topological polar surface area (TPSA) is 81.5 Å². The number of aryl methyl sites for hydroxylation is 1. The molecule has 0 saturated heterocycles. The van der Waals surface area contributed by atoms with E-state index < -0.39 is 11.0 Å². The summed E-state index contributed by atoms with van der Waals surface area (Å²) < 4.78 is 6.47. The van der Waals surface area contributed by atoms with Crippen molar-refractivity contribution >= 4 is 33.2 Å². The third-order valence-electron chi connectivity index (χ3n) is 3.19. The Hall–Kier alpha value is -2.41. The summed E-state index contributed by atoms with van der Waals surface area (Å²) in [4.78, 5) is 22.5. The molecule has 6 nitrogen and oxygen atoms in total. The Labute approximate surface area is 141 Å². The quantitative estimate of drug-likeness (QED) is 0.627. The van der Waals surface area contributed by atoms with Gasteiger partial charge in [-0.1, -0.05) is 22.0 Å². The normalized spacial score (nSPS) is 11.6. The maximum absolute atomic E-state index is 12.2. The van der Waals surface area contributed by atoms with E-state index >= 15 is 0 Å². The zero-order valence-electron chi connectivity index (χ0n) is 12.6. The predicted octanol–water partition coefficient (Wildman–Crippen LogP) is 4.07. The van der Waals surface area contributed by atoms with Crippen LogP contribution in [0.15, 0.2) is 46.9 Å². The number of halogens is 1. The van der Waals surface area contributed by atoms with E-state index in [0.29, 0.717) is 11.4 Å². The summed E-state index contributed by atoms with van der Waals surface area (Å²) in [6, 6.07) is 11.4. The number of nitro groups is 1. The molecule has 1 atom stereocenters. The molecule has 0 saturated carbocycles. The number of anilines is 1. The van der Waals surface area contributed by atoms with Gasteiger partial charge < -0.3 is 10.1 Å². The van der Waals surface area contributed by atoms with E-state index in [9.17, 15) is 14.9 Å². The van der Waals surface area contributed by atoms with Crippen molar-refractivity contribution in [1.29, 1.82) is 0 Å². The van der Waals surface area contributed by atoms with E-state index in [1.54, 1.807) is 32.0 Å². The minimum absolute atomic E-state index is 0.0765. The molecule has 0 radical (unpaired) electrons. The first-order chi connectivity index (χ1) is 10.9. The van der Waals surface area contributed by atoms with Crippen LogP contribution in [0, 0.1) is 17.0 Å². The largest absolute Gasteiger partial charge is 0.481 e. The first-order valence-electron chi connectivity index (χ1n) is 6.85. The van der Waals surface area contributed by atoms with E-state index in [1.807, 2.05) is 12.1 Å². The summed E-state index contributed by atoms with van der Waals surface area (Å²) in [5.41, 5.74) is 1.06. The Bertz CT molecular complexity index is 731. The highest BCUT2D eigenvalue weighted by Gasteiger charge is 2.17. The summed E-state index contributed by atoms with van der Waals surface area (Å²) in [7, 11) is 0. The second-order valence-corrected chi connectivity index (χ2v) is 5.88. The summed E-state index contributed by atoms with van der Waals surface area (Å²) in [6.07, 6.45) is -0.741. The van der Waals surface area contributed by atoms with Gasteiger partial charge in [0.1, 0.15) is 5.75 Å². The molecular weight excluding hydrogens is 364 g/mol. The van der Waals surface area contributed by atoms with Crippen molar-refractivity contribution in [3.63, 3.8) is 0 Å². The van der Waals surface area contributed by atoms with Gasteiger partial charge in [0, 0.05) is 16.6 Å². The fourth-order valence-electron chi connectivity index (χ4n) is 1.86. The molecule has 0 bridgehead atoms. The average Bonchev–Trinajstić information content (AvgIpc) is 2.51. The van der Waals surface area contributed by atoms with Gasteiger partial charge in [-0.05, 0) is 43.7 Å². The van der Waals surface area contributed by atoms with Crippen molar-refractivity contribution in [2.24, 2.45) is 0 Å². The second kappa shape index (κ2) is 7.23. The van der Waals surface area contributed by atoms with Crippen molar-refractivity contribution in [1.82, 2.24) is 0 Å². The number of non-ortho nitro benzene ring substituents is 1. The predicted molar refractivity (Wildman–Crippen MR) is 90.7 cm³/mol. The molecular formula is C16H15BrN2O4. The number of ether oxygens (including phenoxy) is 1. The van der Waals surface area contributed by atoms with Crippen LogP contribution >= 0.6 is 15.9 Å². The van der Waals surface area contributed by atoms with Crippen LogP contribution in [0.25, 0.3) is 0 Å². The van der Waals surface area contributed by atoms with Crippen LogP contribution in [0.5, 0.6) is 5.75 Å². The Morgan fingerprint density at radius 2 is 1.91 bits per heavy atom. The number of rotatable bonds is 5. The maximum Gasteiger partial charge on any atom is 0.271 e. The molecule has 7 heteroatoms. The van der Waals surface area contributed by atoms with E-state index in [1.165, 1.54) is 12.1 Å². The summed E-state index contributed by atoms with van der Waals surface area (Å²) in [5, 5.41) is 13.5. The van der Waals surface area contributed by atoms with Crippen LogP contribution in [-0.4, -0.2) is 16.9 Å². The lowest BCUT2D eigenvalue weighted by Gasteiger charge is -2.15. The van der Waals surface area contributed by atoms with Crippen LogP contribution < -0.4 is 10.1 Å². The molecule has 0 aliphatic rings. The number of carbonyl (C=O) groups excluding carboxylic acids is 1. The molecule has 0 fully saturated rings. The molecule has 0 spiro atoms. The van der Waals surface area contributed by atoms with Gasteiger partial charge in [-0.2, -0.15) is 0 Å². The van der Waals surface area contributed by atoms with Crippen molar-refractivity contribution < 1.29 is 14.5 Å². The fraction of sp³-hybridized carbons (Fsp3) is 0.188. The Kier molecular flexibility index (Phi) is 5.33. The van der Waals surface area contributed by atoms with Gasteiger partial charge in [-0.25, -0.2) is 0 Å². The summed E-state index contributed by atoms with van der Waals surface area (Å²) in [5.74, 6) is 0.183. The van der Waals surface area contributed by atoms with Crippen LogP contribution in [0.2, 0.25) is 0 Å². The smallest absolute Gasteiger partial charge is 0.271 e. The van der Waals surface area contributed by atoms with Gasteiger partial charge in [0.05, 0.1) is 10.6 Å². The molecule has 120 valence electrons. The number of amides is 1. The van der Waals surface area contributed by atoms with E-state index in [0.717, 1.165) is 10.0 Å². The molecule has 0 aliphatic carbocycles. The molecule has 23 heavy (non-hydrogen) atoms. The highest BCUT2D eigenvalue weighted by molar-refractivity contribution is 9.10. The molecule has 2 aromatic carbocycles. The lowest BCUT2D eigenvalue weighted by molar-refractivity contribution is -0.384. The number of carbonyl (C=O) groups is 1. The lowest BCUT2D eigenvalue weighted by atomic mass is 10.1. The van der Waals surface area contributed by atoms with Crippen LogP contribution in [-0.2, 0) is 4.79 Å². The zero-order chi connectivity index (χ0) is 17.0. The first-order valence-corrected chi connectivity index (χ1v) is 7.64. The van der Waals surface area contributed by atoms with Crippen LogP contribution in [0.3, 0.4) is 0 Å². The average molecular weight is 379 g/mol.